The fourth-order valence-corrected chi connectivity index (χ4v) is 1.13. The fourth-order valence-electron chi connectivity index (χ4n) is 1.13. The van der Waals surface area contributed by atoms with E-state index in [1.54, 1.807) is 6.92 Å². The van der Waals surface area contributed by atoms with E-state index in [0.717, 1.165) is 12.0 Å². The van der Waals surface area contributed by atoms with Gasteiger partial charge in [-0.25, -0.2) is 0 Å². The maximum atomic E-state index is 10.7. The molecule has 0 aromatic rings. The zero-order valence-corrected chi connectivity index (χ0v) is 8.58. The second kappa shape index (κ2) is 5.57. The molecule has 0 aliphatic heterocycles. The van der Waals surface area contributed by atoms with Crippen molar-refractivity contribution in [3.8, 4) is 0 Å². The molecule has 74 valence electrons. The number of carbonyl (C=O) groups is 1. The highest BCUT2D eigenvalue weighted by Gasteiger charge is 2.18. The average Bonchev–Trinajstić information content (AvgIpc) is 2.04. The molecule has 2 nitrogen and oxygen atoms in total. The monoisotopic (exact) mass is 182 g/mol. The van der Waals surface area contributed by atoms with Crippen LogP contribution in [-0.2, 0) is 4.79 Å². The number of carboxylic acids is 1. The summed E-state index contributed by atoms with van der Waals surface area (Å²) < 4.78 is 0. The summed E-state index contributed by atoms with van der Waals surface area (Å²) in [5.74, 6) is -0.951. The van der Waals surface area contributed by atoms with E-state index in [2.05, 4.69) is 6.58 Å². The van der Waals surface area contributed by atoms with Crippen LogP contribution in [0, 0.1) is 11.8 Å². The van der Waals surface area contributed by atoms with Crippen LogP contribution in [0.3, 0.4) is 0 Å². The minimum atomic E-state index is -0.738. The summed E-state index contributed by atoms with van der Waals surface area (Å²) in [4.78, 5) is 10.7. The first-order valence-electron chi connectivity index (χ1n) is 4.55. The number of hydrogen-bond donors (Lipinski definition) is 1. The Morgan fingerprint density at radius 2 is 2.15 bits per heavy atom. The molecule has 0 fully saturated rings. The normalized spacial score (nSPS) is 15.6. The van der Waals surface area contributed by atoms with Gasteiger partial charge in [-0.15, -0.1) is 0 Å². The van der Waals surface area contributed by atoms with Gasteiger partial charge in [0.15, 0.2) is 0 Å². The van der Waals surface area contributed by atoms with Crippen LogP contribution in [0.5, 0.6) is 0 Å². The first-order chi connectivity index (χ1) is 5.99. The van der Waals surface area contributed by atoms with Crippen molar-refractivity contribution in [3.05, 3.63) is 24.3 Å². The van der Waals surface area contributed by atoms with E-state index in [1.807, 2.05) is 26.0 Å². The second-order valence-electron chi connectivity index (χ2n) is 3.40. The third-order valence-corrected chi connectivity index (χ3v) is 2.13. The molecule has 0 aromatic heterocycles. The maximum absolute atomic E-state index is 10.7. The molecule has 0 aromatic carbocycles. The fraction of sp³-hybridized carbons (Fsp3) is 0.545. The second-order valence-corrected chi connectivity index (χ2v) is 3.40. The van der Waals surface area contributed by atoms with Crippen molar-refractivity contribution < 1.29 is 9.90 Å². The lowest BCUT2D eigenvalue weighted by atomic mass is 9.91. The van der Waals surface area contributed by atoms with E-state index >= 15 is 0 Å². The first-order valence-corrected chi connectivity index (χ1v) is 4.55. The quantitative estimate of drug-likeness (QED) is 0.664. The number of allylic oxidation sites excluding steroid dienone is 3. The summed E-state index contributed by atoms with van der Waals surface area (Å²) >= 11 is 0. The molecule has 0 aliphatic rings. The Morgan fingerprint density at radius 1 is 1.62 bits per heavy atom. The number of aliphatic carboxylic acids is 1. The molecule has 0 heterocycles. The Kier molecular flexibility index (Phi) is 5.12. The van der Waals surface area contributed by atoms with Crippen LogP contribution in [0.1, 0.15) is 27.2 Å². The van der Waals surface area contributed by atoms with Crippen LogP contribution >= 0.6 is 0 Å². The van der Waals surface area contributed by atoms with Gasteiger partial charge < -0.3 is 5.11 Å². The molecule has 2 heteroatoms. The molecule has 0 aliphatic carbocycles. The molecular weight excluding hydrogens is 164 g/mol. The molecule has 0 unspecified atom stereocenters. The Hall–Kier alpha value is -1.05. The predicted octanol–water partition coefficient (Wildman–Crippen LogP) is 2.87. The van der Waals surface area contributed by atoms with Crippen LogP contribution in [0.4, 0.5) is 0 Å². The molecule has 0 amide bonds. The zero-order chi connectivity index (χ0) is 10.4. The summed E-state index contributed by atoms with van der Waals surface area (Å²) in [6.07, 6.45) is 4.66. The molecule has 0 saturated heterocycles. The van der Waals surface area contributed by atoms with Gasteiger partial charge in [0.2, 0.25) is 0 Å². The van der Waals surface area contributed by atoms with E-state index in [9.17, 15) is 4.79 Å². The standard InChI is InChI=1S/C11H18O2/c1-5-10(7-6-8(2)3)9(4)11(12)13/h6-7,9-10H,2,5H2,1,3-4H3,(H,12,13)/b7-6+/t9-,10-/m0/s1. The van der Waals surface area contributed by atoms with Gasteiger partial charge in [0.25, 0.3) is 0 Å². The first kappa shape index (κ1) is 11.9. The summed E-state index contributed by atoms with van der Waals surface area (Å²) in [6.45, 7) is 9.36. The van der Waals surface area contributed by atoms with Crippen molar-refractivity contribution in [2.75, 3.05) is 0 Å². The minimum absolute atomic E-state index is 0.106. The maximum Gasteiger partial charge on any atom is 0.306 e. The number of rotatable bonds is 5. The summed E-state index contributed by atoms with van der Waals surface area (Å²) in [6, 6.07) is 0. The van der Waals surface area contributed by atoms with Gasteiger partial charge in [-0.1, -0.05) is 38.2 Å². The predicted molar refractivity (Wildman–Crippen MR) is 54.5 cm³/mol. The SMILES string of the molecule is C=C(C)/C=C/[C@H](CC)[C@H](C)C(=O)O. The third kappa shape index (κ3) is 4.51. The molecule has 0 bridgehead atoms. The Balaban J connectivity index is 4.34. The molecule has 2 atom stereocenters. The zero-order valence-electron chi connectivity index (χ0n) is 8.58. The Bertz CT molecular complexity index is 216. The lowest BCUT2D eigenvalue weighted by Gasteiger charge is -2.14. The Labute approximate surface area is 80.0 Å². The average molecular weight is 182 g/mol. The summed E-state index contributed by atoms with van der Waals surface area (Å²) in [5, 5.41) is 8.79. The smallest absolute Gasteiger partial charge is 0.306 e. The van der Waals surface area contributed by atoms with Crippen LogP contribution in [-0.4, -0.2) is 11.1 Å². The minimum Gasteiger partial charge on any atom is -0.481 e. The number of hydrogen-bond acceptors (Lipinski definition) is 1. The van der Waals surface area contributed by atoms with E-state index < -0.39 is 5.97 Å². The van der Waals surface area contributed by atoms with Gasteiger partial charge in [0.1, 0.15) is 0 Å². The summed E-state index contributed by atoms with van der Waals surface area (Å²) in [7, 11) is 0. The van der Waals surface area contributed by atoms with Gasteiger partial charge in [-0.05, 0) is 19.3 Å². The molecule has 0 radical (unpaired) electrons. The van der Waals surface area contributed by atoms with Gasteiger partial charge in [-0.3, -0.25) is 4.79 Å². The summed E-state index contributed by atoms with van der Waals surface area (Å²) in [5.41, 5.74) is 0.955. The molecule has 0 rings (SSSR count). The van der Waals surface area contributed by atoms with E-state index in [-0.39, 0.29) is 11.8 Å². The highest BCUT2D eigenvalue weighted by Crippen LogP contribution is 2.17. The van der Waals surface area contributed by atoms with Crippen molar-refractivity contribution in [2.24, 2.45) is 11.8 Å². The number of carboxylic acid groups (broad SMARTS) is 1. The van der Waals surface area contributed by atoms with Crippen LogP contribution in [0.15, 0.2) is 24.3 Å². The van der Waals surface area contributed by atoms with Crippen molar-refractivity contribution in [1.82, 2.24) is 0 Å². The molecule has 0 saturated carbocycles. The third-order valence-electron chi connectivity index (χ3n) is 2.13. The van der Waals surface area contributed by atoms with Crippen molar-refractivity contribution in [3.63, 3.8) is 0 Å². The lowest BCUT2D eigenvalue weighted by Crippen LogP contribution is -2.18. The van der Waals surface area contributed by atoms with E-state index in [0.29, 0.717) is 0 Å². The lowest BCUT2D eigenvalue weighted by molar-refractivity contribution is -0.142. The Morgan fingerprint density at radius 3 is 2.46 bits per heavy atom. The van der Waals surface area contributed by atoms with E-state index in [1.165, 1.54) is 0 Å². The highest BCUT2D eigenvalue weighted by atomic mass is 16.4. The molecule has 0 spiro atoms. The highest BCUT2D eigenvalue weighted by molar-refractivity contribution is 5.70. The van der Waals surface area contributed by atoms with Gasteiger partial charge in [0.05, 0.1) is 5.92 Å². The largest absolute Gasteiger partial charge is 0.481 e. The van der Waals surface area contributed by atoms with Crippen molar-refractivity contribution in [2.45, 2.75) is 27.2 Å². The van der Waals surface area contributed by atoms with Crippen molar-refractivity contribution >= 4 is 5.97 Å². The van der Waals surface area contributed by atoms with Crippen LogP contribution in [0.25, 0.3) is 0 Å². The van der Waals surface area contributed by atoms with Crippen LogP contribution < -0.4 is 0 Å². The molecular formula is C11H18O2. The van der Waals surface area contributed by atoms with Gasteiger partial charge in [0, 0.05) is 0 Å². The molecule has 13 heavy (non-hydrogen) atoms. The molecule has 1 N–H and O–H groups in total. The van der Waals surface area contributed by atoms with E-state index in [4.69, 9.17) is 5.11 Å². The topological polar surface area (TPSA) is 37.3 Å². The van der Waals surface area contributed by atoms with Gasteiger partial charge >= 0.3 is 5.97 Å². The van der Waals surface area contributed by atoms with Crippen LogP contribution in [0.2, 0.25) is 0 Å². The van der Waals surface area contributed by atoms with Crippen molar-refractivity contribution in [1.29, 1.82) is 0 Å². The van der Waals surface area contributed by atoms with Gasteiger partial charge in [-0.2, -0.15) is 0 Å².